The Morgan fingerprint density at radius 3 is 1.95 bits per heavy atom. The number of nitrogens with one attached hydrogen (secondary N) is 4. The normalized spacial score (nSPS) is 10.8. The summed E-state index contributed by atoms with van der Waals surface area (Å²) in [4.78, 5) is 15.1. The van der Waals surface area contributed by atoms with Crippen LogP contribution in [0, 0.1) is 5.41 Å². The van der Waals surface area contributed by atoms with Crippen molar-refractivity contribution < 1.29 is 0 Å². The SMILES string of the molecule is C.C.C/C=C\C=N.C1=CN=CC1.C1=CNCN1.Cn1ccnc1.c1ccc(-n2ccnc2)cc1.c1nc[nH]n1. The van der Waals surface area contributed by atoms with Crippen LogP contribution in [0.3, 0.4) is 0 Å². The number of nitrogens with zero attached hydrogens (tertiary/aromatic N) is 7. The molecule has 0 amide bonds. The fourth-order valence-electron chi connectivity index (χ4n) is 2.20. The fourth-order valence-corrected chi connectivity index (χ4v) is 2.20. The number of aryl methyl sites for hydroxylation is 1. The first-order valence-electron chi connectivity index (χ1n) is 11.4. The molecule has 2 aliphatic heterocycles. The van der Waals surface area contributed by atoms with Gasteiger partial charge in [0.15, 0.2) is 0 Å². The number of aliphatic imine (C=N–C) groups is 1. The van der Waals surface area contributed by atoms with Crippen molar-refractivity contribution in [3.8, 4) is 5.69 Å². The van der Waals surface area contributed by atoms with Crippen LogP contribution in [0.4, 0.5) is 0 Å². The molecule has 2 aliphatic rings. The molecule has 0 unspecified atom stereocenters. The van der Waals surface area contributed by atoms with Crippen LogP contribution >= 0.6 is 0 Å². The summed E-state index contributed by atoms with van der Waals surface area (Å²) in [5, 5.41) is 18.2. The van der Waals surface area contributed by atoms with Gasteiger partial charge in [-0.15, -0.1) is 0 Å². The maximum Gasteiger partial charge on any atom is 0.137 e. The maximum absolute atomic E-state index is 6.39. The molecule has 5 heterocycles. The van der Waals surface area contributed by atoms with Gasteiger partial charge in [0.1, 0.15) is 12.7 Å². The first kappa shape index (κ1) is 36.1. The van der Waals surface area contributed by atoms with Gasteiger partial charge in [-0.1, -0.05) is 45.2 Å². The van der Waals surface area contributed by atoms with E-state index in [0.29, 0.717) is 0 Å². The van der Waals surface area contributed by atoms with Crippen molar-refractivity contribution in [1.29, 1.82) is 5.41 Å². The molecular weight excluding hydrogens is 490 g/mol. The molecule has 0 saturated heterocycles. The zero-order chi connectivity index (χ0) is 26.7. The van der Waals surface area contributed by atoms with Crippen molar-refractivity contribution in [2.24, 2.45) is 12.0 Å². The molecule has 0 radical (unpaired) electrons. The van der Waals surface area contributed by atoms with E-state index in [0.717, 1.165) is 18.8 Å². The minimum absolute atomic E-state index is 0. The van der Waals surface area contributed by atoms with E-state index in [4.69, 9.17) is 5.41 Å². The van der Waals surface area contributed by atoms with Crippen molar-refractivity contribution in [2.75, 3.05) is 6.67 Å². The molecule has 0 atom stereocenters. The number of aromatic amines is 1. The van der Waals surface area contributed by atoms with E-state index in [1.807, 2.05) is 96.6 Å². The molecule has 210 valence electrons. The van der Waals surface area contributed by atoms with Crippen molar-refractivity contribution in [2.45, 2.75) is 28.2 Å². The maximum atomic E-state index is 6.39. The average molecular weight is 534 g/mol. The van der Waals surface area contributed by atoms with E-state index in [2.05, 4.69) is 40.8 Å². The van der Waals surface area contributed by atoms with Crippen LogP contribution < -0.4 is 10.6 Å². The number of aromatic nitrogens is 7. The van der Waals surface area contributed by atoms with Crippen LogP contribution in [0.15, 0.2) is 122 Å². The number of H-pyrrole nitrogens is 1. The number of hydrogen-bond donors (Lipinski definition) is 4. The molecule has 0 saturated carbocycles. The van der Waals surface area contributed by atoms with Crippen molar-refractivity contribution in [1.82, 2.24) is 44.9 Å². The highest BCUT2D eigenvalue weighted by atomic mass is 15.2. The van der Waals surface area contributed by atoms with Gasteiger partial charge in [0.2, 0.25) is 0 Å². The molecular formula is C28H43N11. The summed E-state index contributed by atoms with van der Waals surface area (Å²) in [6, 6.07) is 10.1. The smallest absolute Gasteiger partial charge is 0.137 e. The molecule has 4 N–H and O–H groups in total. The molecule has 0 bridgehead atoms. The van der Waals surface area contributed by atoms with E-state index >= 15 is 0 Å². The average Bonchev–Trinajstić information content (AvgIpc) is 3.77. The van der Waals surface area contributed by atoms with Crippen LogP contribution in [0.2, 0.25) is 0 Å². The van der Waals surface area contributed by atoms with Crippen LogP contribution in [-0.4, -0.2) is 53.4 Å². The largest absolute Gasteiger partial charge is 0.373 e. The number of rotatable bonds is 2. The van der Waals surface area contributed by atoms with Crippen LogP contribution in [0.25, 0.3) is 5.69 Å². The van der Waals surface area contributed by atoms with Crippen LogP contribution in [0.5, 0.6) is 0 Å². The molecule has 0 fully saturated rings. The summed E-state index contributed by atoms with van der Waals surface area (Å²) in [6.45, 7) is 2.77. The highest BCUT2D eigenvalue weighted by molar-refractivity contribution is 5.67. The molecule has 0 spiro atoms. The Balaban J connectivity index is 0. The number of allylic oxidation sites excluding steroid dienone is 3. The molecule has 39 heavy (non-hydrogen) atoms. The lowest BCUT2D eigenvalue weighted by molar-refractivity contribution is 0.836. The standard InChI is InChI=1S/C9H8N2.C4H6N2.C4H5N.C4H7N.C3H6N2.C2H3N3.2CH4/c1-2-4-9(5-3-1)11-7-6-10-8-11;1-6-3-2-5-4-6;1-2-4-5-3-1;1-2-3-4-5;1-2-5-3-4-1;1-3-2-5-4-1;;/h1-8H;2-4H,1H3;1,3-4H,2H2;2-5H,1H3;1-2,4-5H,3H2;1-2H,(H,3,4,5);2*1H4/b;;;3-2-,5-4?;;;;. The summed E-state index contributed by atoms with van der Waals surface area (Å²) in [6.07, 6.45) is 29.0. The zero-order valence-corrected chi connectivity index (χ0v) is 21.2. The van der Waals surface area contributed by atoms with Gasteiger partial charge in [0.25, 0.3) is 0 Å². The third-order valence-electron chi connectivity index (χ3n) is 3.88. The summed E-state index contributed by atoms with van der Waals surface area (Å²) >= 11 is 0. The first-order chi connectivity index (χ1) is 18.3. The molecule has 1 aromatic carbocycles. The second kappa shape index (κ2) is 27.5. The van der Waals surface area contributed by atoms with Gasteiger partial charge in [-0.2, -0.15) is 5.10 Å². The Bertz CT molecular complexity index is 1060. The predicted octanol–water partition coefficient (Wildman–Crippen LogP) is 5.16. The monoisotopic (exact) mass is 533 g/mol. The van der Waals surface area contributed by atoms with Gasteiger partial charge in [-0.3, -0.25) is 10.1 Å². The molecule has 11 nitrogen and oxygen atoms in total. The molecule has 11 heteroatoms. The third kappa shape index (κ3) is 21.9. The van der Waals surface area contributed by atoms with E-state index in [-0.39, 0.29) is 14.9 Å². The van der Waals surface area contributed by atoms with Crippen molar-refractivity contribution >= 4 is 12.4 Å². The highest BCUT2D eigenvalue weighted by Gasteiger charge is 1.90. The van der Waals surface area contributed by atoms with E-state index in [1.165, 1.54) is 18.9 Å². The topological polar surface area (TPSA) is 137 Å². The van der Waals surface area contributed by atoms with Gasteiger partial charge in [0.05, 0.1) is 19.3 Å². The Labute approximate surface area is 232 Å². The van der Waals surface area contributed by atoms with E-state index < -0.39 is 0 Å². The Kier molecular flexibility index (Phi) is 25.5. The number of imidazole rings is 2. The molecule has 3 aromatic heterocycles. The zero-order valence-electron chi connectivity index (χ0n) is 21.2. The quantitative estimate of drug-likeness (QED) is 0.263. The summed E-state index contributed by atoms with van der Waals surface area (Å²) in [7, 11) is 1.94. The number of hydrogen-bond acceptors (Lipinski definition) is 8. The Hall–Kier alpha value is -5.06. The van der Waals surface area contributed by atoms with Gasteiger partial charge in [0, 0.05) is 75.0 Å². The van der Waals surface area contributed by atoms with Crippen LogP contribution in [0.1, 0.15) is 28.2 Å². The van der Waals surface area contributed by atoms with Gasteiger partial charge >= 0.3 is 0 Å². The van der Waals surface area contributed by atoms with Gasteiger partial charge in [-0.25, -0.2) is 15.0 Å². The fraction of sp³-hybridized carbons (Fsp3) is 0.214. The summed E-state index contributed by atoms with van der Waals surface area (Å²) in [5.41, 5.74) is 1.14. The molecule has 0 aliphatic carbocycles. The van der Waals surface area contributed by atoms with Crippen LogP contribution in [-0.2, 0) is 7.05 Å². The minimum atomic E-state index is 0. The number of benzene rings is 1. The predicted molar refractivity (Wildman–Crippen MR) is 163 cm³/mol. The Morgan fingerprint density at radius 2 is 1.67 bits per heavy atom. The van der Waals surface area contributed by atoms with Crippen molar-refractivity contribution in [3.05, 3.63) is 117 Å². The summed E-state index contributed by atoms with van der Waals surface area (Å²) < 4.78 is 3.86. The molecule has 6 rings (SSSR count). The lowest BCUT2D eigenvalue weighted by Crippen LogP contribution is -2.10. The lowest BCUT2D eigenvalue weighted by atomic mass is 10.3. The second-order valence-electron chi connectivity index (χ2n) is 6.75. The highest BCUT2D eigenvalue weighted by Crippen LogP contribution is 2.04. The second-order valence-corrected chi connectivity index (χ2v) is 6.75. The van der Waals surface area contributed by atoms with Crippen molar-refractivity contribution in [3.63, 3.8) is 0 Å². The third-order valence-corrected chi connectivity index (χ3v) is 3.88. The van der Waals surface area contributed by atoms with Gasteiger partial charge < -0.3 is 25.2 Å². The Morgan fingerprint density at radius 1 is 0.949 bits per heavy atom. The minimum Gasteiger partial charge on any atom is -0.373 e. The molecule has 4 aromatic rings. The van der Waals surface area contributed by atoms with E-state index in [1.54, 1.807) is 37.3 Å². The summed E-state index contributed by atoms with van der Waals surface area (Å²) in [5.74, 6) is 0. The lowest BCUT2D eigenvalue weighted by Gasteiger charge is -1.98. The van der Waals surface area contributed by atoms with E-state index in [9.17, 15) is 0 Å². The number of para-hydroxylation sites is 1. The van der Waals surface area contributed by atoms with Gasteiger partial charge in [-0.05, 0) is 25.1 Å². The first-order valence-corrected chi connectivity index (χ1v) is 11.4.